The molecule has 106 valence electrons. The second-order valence-corrected chi connectivity index (χ2v) is 5.57. The predicted molar refractivity (Wildman–Crippen MR) is 87.9 cm³/mol. The van der Waals surface area contributed by atoms with Crippen molar-refractivity contribution in [2.24, 2.45) is 0 Å². The Morgan fingerprint density at radius 2 is 1.71 bits per heavy atom. The molecule has 0 amide bonds. The molecule has 0 saturated carbocycles. The number of halogens is 1. The lowest BCUT2D eigenvalue weighted by atomic mass is 10.1. The second-order valence-electron chi connectivity index (χ2n) is 5.17. The fraction of sp³-hybridized carbons (Fsp3) is 0.118. The minimum absolute atomic E-state index is 0.588. The van der Waals surface area contributed by atoms with Crippen LogP contribution in [0.4, 0.5) is 5.82 Å². The molecule has 0 aliphatic carbocycles. The number of benzene rings is 2. The Labute approximate surface area is 129 Å². The lowest BCUT2D eigenvalue weighted by Crippen LogP contribution is -2.01. The smallest absolute Gasteiger partial charge is 0.127 e. The highest BCUT2D eigenvalue weighted by Crippen LogP contribution is 2.25. The molecule has 0 bridgehead atoms. The van der Waals surface area contributed by atoms with Crippen LogP contribution in [0.15, 0.2) is 48.5 Å². The molecule has 0 spiro atoms. The Morgan fingerprint density at radius 1 is 1.00 bits per heavy atom. The molecule has 2 N–H and O–H groups in total. The van der Waals surface area contributed by atoms with Gasteiger partial charge in [-0.05, 0) is 31.5 Å². The summed E-state index contributed by atoms with van der Waals surface area (Å²) < 4.78 is 1.71. The van der Waals surface area contributed by atoms with E-state index in [0.29, 0.717) is 10.8 Å². The quantitative estimate of drug-likeness (QED) is 0.762. The van der Waals surface area contributed by atoms with E-state index in [1.54, 1.807) is 4.68 Å². The largest absolute Gasteiger partial charge is 0.384 e. The predicted octanol–water partition coefficient (Wildman–Crippen LogP) is 4.39. The van der Waals surface area contributed by atoms with E-state index in [-0.39, 0.29) is 0 Å². The van der Waals surface area contributed by atoms with Gasteiger partial charge in [0.2, 0.25) is 0 Å². The van der Waals surface area contributed by atoms with Gasteiger partial charge < -0.3 is 5.73 Å². The Balaban J connectivity index is 2.05. The first-order valence-corrected chi connectivity index (χ1v) is 7.11. The van der Waals surface area contributed by atoms with Gasteiger partial charge in [-0.15, -0.1) is 0 Å². The highest BCUT2D eigenvalue weighted by molar-refractivity contribution is 6.31. The molecule has 0 aliphatic heterocycles. The maximum absolute atomic E-state index is 6.18. The number of aromatic nitrogens is 2. The molecule has 21 heavy (non-hydrogen) atoms. The maximum Gasteiger partial charge on any atom is 0.127 e. The molecule has 0 unspecified atom stereocenters. The summed E-state index contributed by atoms with van der Waals surface area (Å²) in [5, 5.41) is 5.29. The third-order valence-corrected chi connectivity index (χ3v) is 3.89. The molecule has 0 radical (unpaired) electrons. The van der Waals surface area contributed by atoms with Gasteiger partial charge in [0.25, 0.3) is 0 Å². The van der Waals surface area contributed by atoms with Gasteiger partial charge in [-0.1, -0.05) is 47.5 Å². The van der Waals surface area contributed by atoms with Crippen LogP contribution in [0, 0.1) is 13.8 Å². The van der Waals surface area contributed by atoms with Crippen molar-refractivity contribution < 1.29 is 0 Å². The van der Waals surface area contributed by atoms with Crippen LogP contribution < -0.4 is 5.73 Å². The summed E-state index contributed by atoms with van der Waals surface area (Å²) in [5.41, 5.74) is 11.1. The molecular weight excluding hydrogens is 282 g/mol. The van der Waals surface area contributed by atoms with Crippen molar-refractivity contribution >= 4 is 17.4 Å². The Bertz CT molecular complexity index is 788. The molecule has 1 aromatic heterocycles. The van der Waals surface area contributed by atoms with Crippen molar-refractivity contribution in [3.05, 3.63) is 64.7 Å². The van der Waals surface area contributed by atoms with Crippen molar-refractivity contribution in [3.63, 3.8) is 0 Å². The first kappa shape index (κ1) is 13.7. The molecule has 3 aromatic rings. The standard InChI is InChI=1S/C17H16ClN3/c1-11-3-6-13(7-4-11)16-10-17(19)21(20-16)14-8-5-12(2)15(18)9-14/h3-10H,19H2,1-2H3. The van der Waals surface area contributed by atoms with Gasteiger partial charge in [0.1, 0.15) is 5.82 Å². The van der Waals surface area contributed by atoms with Crippen LogP contribution in [0.3, 0.4) is 0 Å². The maximum atomic E-state index is 6.18. The van der Waals surface area contributed by atoms with Crippen LogP contribution in [0.25, 0.3) is 16.9 Å². The van der Waals surface area contributed by atoms with E-state index in [1.165, 1.54) is 5.56 Å². The highest BCUT2D eigenvalue weighted by Gasteiger charge is 2.09. The van der Waals surface area contributed by atoms with Gasteiger partial charge in [0.05, 0.1) is 11.4 Å². The molecule has 0 atom stereocenters. The Morgan fingerprint density at radius 3 is 2.38 bits per heavy atom. The van der Waals surface area contributed by atoms with E-state index in [0.717, 1.165) is 22.5 Å². The molecular formula is C17H16ClN3. The molecule has 4 heteroatoms. The van der Waals surface area contributed by atoms with E-state index >= 15 is 0 Å². The van der Waals surface area contributed by atoms with Crippen molar-refractivity contribution in [3.8, 4) is 16.9 Å². The van der Waals surface area contributed by atoms with Gasteiger partial charge in [-0.25, -0.2) is 4.68 Å². The molecule has 0 saturated heterocycles. The van der Waals surface area contributed by atoms with Crippen molar-refractivity contribution in [2.45, 2.75) is 13.8 Å². The number of hydrogen-bond acceptors (Lipinski definition) is 2. The van der Waals surface area contributed by atoms with E-state index in [9.17, 15) is 0 Å². The van der Waals surface area contributed by atoms with Crippen LogP contribution in [0.5, 0.6) is 0 Å². The second kappa shape index (κ2) is 5.26. The van der Waals surface area contributed by atoms with Crippen LogP contribution in [0.1, 0.15) is 11.1 Å². The number of anilines is 1. The summed E-state index contributed by atoms with van der Waals surface area (Å²) >= 11 is 6.18. The number of nitrogens with zero attached hydrogens (tertiary/aromatic N) is 2. The summed E-state index contributed by atoms with van der Waals surface area (Å²) in [5.74, 6) is 0.588. The summed E-state index contributed by atoms with van der Waals surface area (Å²) in [4.78, 5) is 0. The normalized spacial score (nSPS) is 10.8. The Hall–Kier alpha value is -2.26. The summed E-state index contributed by atoms with van der Waals surface area (Å²) in [6, 6.07) is 15.9. The van der Waals surface area contributed by atoms with Gasteiger partial charge in [0, 0.05) is 16.7 Å². The lowest BCUT2D eigenvalue weighted by molar-refractivity contribution is 0.894. The topological polar surface area (TPSA) is 43.8 Å². The summed E-state index contributed by atoms with van der Waals surface area (Å²) in [6.07, 6.45) is 0. The number of nitrogen functional groups attached to an aromatic ring is 1. The Kier molecular flexibility index (Phi) is 3.43. The zero-order valence-corrected chi connectivity index (χ0v) is 12.7. The highest BCUT2D eigenvalue weighted by atomic mass is 35.5. The van der Waals surface area contributed by atoms with Crippen molar-refractivity contribution in [1.82, 2.24) is 9.78 Å². The SMILES string of the molecule is Cc1ccc(-c2cc(N)n(-c3ccc(C)c(Cl)c3)n2)cc1. The molecule has 1 heterocycles. The van der Waals surface area contributed by atoms with E-state index in [1.807, 2.05) is 43.3 Å². The van der Waals surface area contributed by atoms with Gasteiger partial charge in [-0.2, -0.15) is 5.10 Å². The van der Waals surface area contributed by atoms with Crippen molar-refractivity contribution in [1.29, 1.82) is 0 Å². The monoisotopic (exact) mass is 297 g/mol. The van der Waals surface area contributed by atoms with Crippen LogP contribution in [-0.2, 0) is 0 Å². The minimum atomic E-state index is 0.588. The third-order valence-electron chi connectivity index (χ3n) is 3.48. The van der Waals surface area contributed by atoms with E-state index < -0.39 is 0 Å². The average molecular weight is 298 g/mol. The minimum Gasteiger partial charge on any atom is -0.384 e. The number of nitrogens with two attached hydrogens (primary N) is 1. The summed E-state index contributed by atoms with van der Waals surface area (Å²) in [7, 11) is 0. The molecule has 0 fully saturated rings. The average Bonchev–Trinajstić information content (AvgIpc) is 2.85. The summed E-state index contributed by atoms with van der Waals surface area (Å²) in [6.45, 7) is 4.03. The molecule has 0 aliphatic rings. The van der Waals surface area contributed by atoms with E-state index in [2.05, 4.69) is 24.2 Å². The molecule has 3 rings (SSSR count). The van der Waals surface area contributed by atoms with Gasteiger partial charge >= 0.3 is 0 Å². The third kappa shape index (κ3) is 2.65. The fourth-order valence-corrected chi connectivity index (χ4v) is 2.36. The molecule has 2 aromatic carbocycles. The first-order chi connectivity index (χ1) is 10.0. The number of aryl methyl sites for hydroxylation is 2. The molecule has 3 nitrogen and oxygen atoms in total. The van der Waals surface area contributed by atoms with Crippen LogP contribution in [0.2, 0.25) is 5.02 Å². The first-order valence-electron chi connectivity index (χ1n) is 6.74. The number of rotatable bonds is 2. The number of hydrogen-bond donors (Lipinski definition) is 1. The van der Waals surface area contributed by atoms with Gasteiger partial charge in [0.15, 0.2) is 0 Å². The van der Waals surface area contributed by atoms with Crippen LogP contribution >= 0.6 is 11.6 Å². The van der Waals surface area contributed by atoms with Crippen molar-refractivity contribution in [2.75, 3.05) is 5.73 Å². The zero-order valence-electron chi connectivity index (χ0n) is 12.0. The van der Waals surface area contributed by atoms with Crippen LogP contribution in [-0.4, -0.2) is 9.78 Å². The van der Waals surface area contributed by atoms with E-state index in [4.69, 9.17) is 17.3 Å². The zero-order chi connectivity index (χ0) is 15.0. The fourth-order valence-electron chi connectivity index (χ4n) is 2.18. The van der Waals surface area contributed by atoms with Gasteiger partial charge in [-0.3, -0.25) is 0 Å². The lowest BCUT2D eigenvalue weighted by Gasteiger charge is -2.06.